The molecule has 0 saturated heterocycles. The standard InChI is InChI=1S/C13H12ClNO4/c1-6-5-8(12(14)15-10(6)13(18)19)11(17)7-3-2-4-9(7)16/h3,5,11,17H,2,4H2,1H3,(H,18,19). The number of Topliss-reactive ketones (excluding diaryl/α,β-unsaturated/α-hetero) is 1. The molecular weight excluding hydrogens is 270 g/mol. The molecule has 1 aromatic rings. The number of nitrogens with zero attached hydrogens (tertiary/aromatic N) is 1. The highest BCUT2D eigenvalue weighted by atomic mass is 35.5. The van der Waals surface area contributed by atoms with Gasteiger partial charge >= 0.3 is 5.97 Å². The van der Waals surface area contributed by atoms with Crippen molar-refractivity contribution in [2.75, 3.05) is 0 Å². The molecule has 100 valence electrons. The number of carbonyl (C=O) groups excluding carboxylic acids is 1. The Morgan fingerprint density at radius 3 is 2.74 bits per heavy atom. The Labute approximate surface area is 114 Å². The molecule has 0 aliphatic heterocycles. The molecule has 1 heterocycles. The Bertz CT molecular complexity index is 595. The molecule has 1 atom stereocenters. The summed E-state index contributed by atoms with van der Waals surface area (Å²) >= 11 is 5.89. The zero-order valence-electron chi connectivity index (χ0n) is 10.2. The van der Waals surface area contributed by atoms with E-state index < -0.39 is 12.1 Å². The molecule has 0 spiro atoms. The number of carbonyl (C=O) groups is 2. The van der Waals surface area contributed by atoms with Crippen molar-refractivity contribution in [2.45, 2.75) is 25.9 Å². The van der Waals surface area contributed by atoms with Crippen molar-refractivity contribution in [1.29, 1.82) is 0 Å². The van der Waals surface area contributed by atoms with E-state index in [0.717, 1.165) is 0 Å². The lowest BCUT2D eigenvalue weighted by Crippen LogP contribution is -2.11. The van der Waals surface area contributed by atoms with Crippen molar-refractivity contribution in [3.05, 3.63) is 39.7 Å². The van der Waals surface area contributed by atoms with Gasteiger partial charge < -0.3 is 10.2 Å². The van der Waals surface area contributed by atoms with Crippen molar-refractivity contribution in [3.8, 4) is 0 Å². The number of hydrogen-bond donors (Lipinski definition) is 2. The molecule has 1 aliphatic carbocycles. The summed E-state index contributed by atoms with van der Waals surface area (Å²) in [7, 11) is 0. The van der Waals surface area contributed by atoms with E-state index in [4.69, 9.17) is 16.7 Å². The number of aromatic nitrogens is 1. The Kier molecular flexibility index (Phi) is 3.68. The second-order valence-electron chi connectivity index (χ2n) is 4.36. The van der Waals surface area contributed by atoms with E-state index in [1.54, 1.807) is 13.0 Å². The summed E-state index contributed by atoms with van der Waals surface area (Å²) in [5.74, 6) is -1.31. The minimum Gasteiger partial charge on any atom is -0.477 e. The molecule has 0 radical (unpaired) electrons. The predicted octanol–water partition coefficient (Wildman–Crippen LogP) is 2.06. The summed E-state index contributed by atoms with van der Waals surface area (Å²) in [6, 6.07) is 1.45. The van der Waals surface area contributed by atoms with E-state index in [9.17, 15) is 14.7 Å². The number of aliphatic hydroxyl groups is 1. The number of carboxylic acids is 1. The maximum atomic E-state index is 11.6. The lowest BCUT2D eigenvalue weighted by molar-refractivity contribution is -0.115. The van der Waals surface area contributed by atoms with Gasteiger partial charge in [-0.2, -0.15) is 0 Å². The van der Waals surface area contributed by atoms with E-state index in [1.165, 1.54) is 6.07 Å². The lowest BCUT2D eigenvalue weighted by Gasteiger charge is -2.14. The minimum absolute atomic E-state index is 0.101. The summed E-state index contributed by atoms with van der Waals surface area (Å²) < 4.78 is 0. The van der Waals surface area contributed by atoms with Gasteiger partial charge in [-0.05, 0) is 25.0 Å². The molecule has 1 aromatic heterocycles. The third-order valence-electron chi connectivity index (χ3n) is 3.04. The monoisotopic (exact) mass is 281 g/mol. The molecule has 1 unspecified atom stereocenters. The smallest absolute Gasteiger partial charge is 0.354 e. The number of aromatic carboxylic acids is 1. The molecule has 2 rings (SSSR count). The SMILES string of the molecule is Cc1cc(C(O)C2=CCCC2=O)c(Cl)nc1C(=O)O. The highest BCUT2D eigenvalue weighted by molar-refractivity contribution is 6.30. The van der Waals surface area contributed by atoms with Crippen molar-refractivity contribution >= 4 is 23.4 Å². The fourth-order valence-corrected chi connectivity index (χ4v) is 2.31. The number of allylic oxidation sites excluding steroid dienone is 1. The number of halogens is 1. The Balaban J connectivity index is 2.43. The molecule has 5 nitrogen and oxygen atoms in total. The molecule has 0 fully saturated rings. The highest BCUT2D eigenvalue weighted by Crippen LogP contribution is 2.32. The van der Waals surface area contributed by atoms with E-state index in [2.05, 4.69) is 4.98 Å². The predicted molar refractivity (Wildman–Crippen MR) is 68.2 cm³/mol. The van der Waals surface area contributed by atoms with Crippen LogP contribution in [-0.2, 0) is 4.79 Å². The molecule has 6 heteroatoms. The summed E-state index contributed by atoms with van der Waals surface area (Å²) in [5, 5.41) is 19.0. The van der Waals surface area contributed by atoms with Crippen LogP contribution < -0.4 is 0 Å². The lowest BCUT2D eigenvalue weighted by atomic mass is 10.00. The fourth-order valence-electron chi connectivity index (χ4n) is 2.07. The maximum absolute atomic E-state index is 11.6. The molecule has 19 heavy (non-hydrogen) atoms. The third-order valence-corrected chi connectivity index (χ3v) is 3.35. The van der Waals surface area contributed by atoms with Crippen molar-refractivity contribution in [1.82, 2.24) is 4.98 Å². The van der Waals surface area contributed by atoms with Crippen LogP contribution >= 0.6 is 11.6 Å². The Hall–Kier alpha value is -1.72. The van der Waals surface area contributed by atoms with Crippen molar-refractivity contribution in [3.63, 3.8) is 0 Å². The van der Waals surface area contributed by atoms with Gasteiger partial charge in [0.2, 0.25) is 0 Å². The summed E-state index contributed by atoms with van der Waals surface area (Å²) in [4.78, 5) is 26.2. The molecule has 1 aliphatic rings. The van der Waals surface area contributed by atoms with Gasteiger partial charge in [-0.1, -0.05) is 17.7 Å². The van der Waals surface area contributed by atoms with E-state index in [1.807, 2.05) is 0 Å². The van der Waals surface area contributed by atoms with Gasteiger partial charge in [0.15, 0.2) is 11.5 Å². The van der Waals surface area contributed by atoms with Crippen molar-refractivity contribution < 1.29 is 19.8 Å². The molecule has 0 amide bonds. The number of pyridine rings is 1. The van der Waals surface area contributed by atoms with Crippen LogP contribution in [0.1, 0.15) is 40.6 Å². The number of ketones is 1. The first-order valence-electron chi connectivity index (χ1n) is 5.73. The van der Waals surface area contributed by atoms with Gasteiger partial charge in [-0.3, -0.25) is 4.79 Å². The highest BCUT2D eigenvalue weighted by Gasteiger charge is 2.26. The van der Waals surface area contributed by atoms with Gasteiger partial charge in [-0.15, -0.1) is 0 Å². The first-order chi connectivity index (χ1) is 8.91. The Morgan fingerprint density at radius 1 is 1.53 bits per heavy atom. The average Bonchev–Trinajstić information content (AvgIpc) is 2.76. The first-order valence-corrected chi connectivity index (χ1v) is 6.11. The van der Waals surface area contributed by atoms with Crippen molar-refractivity contribution in [2.24, 2.45) is 0 Å². The van der Waals surface area contributed by atoms with Crippen LogP contribution in [0.3, 0.4) is 0 Å². The normalized spacial score (nSPS) is 16.4. The quantitative estimate of drug-likeness (QED) is 0.828. The molecule has 2 N–H and O–H groups in total. The number of carboxylic acid groups (broad SMARTS) is 1. The van der Waals surface area contributed by atoms with Gasteiger partial charge in [0, 0.05) is 17.6 Å². The summed E-state index contributed by atoms with van der Waals surface area (Å²) in [6.45, 7) is 1.56. The summed E-state index contributed by atoms with van der Waals surface area (Å²) in [6.07, 6.45) is 1.49. The van der Waals surface area contributed by atoms with Crippen LogP contribution in [0.4, 0.5) is 0 Å². The fraction of sp³-hybridized carbons (Fsp3) is 0.308. The molecule has 0 saturated carbocycles. The number of aryl methyl sites for hydroxylation is 1. The van der Waals surface area contributed by atoms with Crippen LogP contribution in [0.25, 0.3) is 0 Å². The van der Waals surface area contributed by atoms with E-state index in [-0.39, 0.29) is 22.2 Å². The Morgan fingerprint density at radius 2 is 2.21 bits per heavy atom. The van der Waals surface area contributed by atoms with Gasteiger partial charge in [0.1, 0.15) is 11.3 Å². The number of rotatable bonds is 3. The second kappa shape index (κ2) is 5.11. The molecular formula is C13H12ClNO4. The third kappa shape index (κ3) is 2.52. The van der Waals surface area contributed by atoms with Crippen LogP contribution in [0.5, 0.6) is 0 Å². The second-order valence-corrected chi connectivity index (χ2v) is 4.72. The zero-order chi connectivity index (χ0) is 14.2. The van der Waals surface area contributed by atoms with Crippen LogP contribution in [0, 0.1) is 6.92 Å². The van der Waals surface area contributed by atoms with E-state index >= 15 is 0 Å². The van der Waals surface area contributed by atoms with Gasteiger partial charge in [0.25, 0.3) is 0 Å². The van der Waals surface area contributed by atoms with Crippen LogP contribution in [0.2, 0.25) is 5.15 Å². The largest absolute Gasteiger partial charge is 0.477 e. The molecule has 0 bridgehead atoms. The first kappa shape index (κ1) is 13.7. The minimum atomic E-state index is -1.18. The van der Waals surface area contributed by atoms with E-state index in [0.29, 0.717) is 24.0 Å². The number of hydrogen-bond acceptors (Lipinski definition) is 4. The number of aliphatic hydroxyl groups excluding tert-OH is 1. The topological polar surface area (TPSA) is 87.5 Å². The zero-order valence-corrected chi connectivity index (χ0v) is 10.9. The summed E-state index contributed by atoms with van der Waals surface area (Å²) in [5.41, 5.74) is 0.779. The van der Waals surface area contributed by atoms with Gasteiger partial charge in [0.05, 0.1) is 0 Å². The average molecular weight is 282 g/mol. The van der Waals surface area contributed by atoms with Crippen LogP contribution in [0.15, 0.2) is 17.7 Å². The maximum Gasteiger partial charge on any atom is 0.354 e. The van der Waals surface area contributed by atoms with Gasteiger partial charge in [-0.25, -0.2) is 9.78 Å². The molecule has 0 aromatic carbocycles. The van der Waals surface area contributed by atoms with Crippen LogP contribution in [-0.4, -0.2) is 26.9 Å².